The number of carbonyl (C=O) groups excluding carboxylic acids is 1. The molecule has 0 atom stereocenters. The van der Waals surface area contributed by atoms with Crippen molar-refractivity contribution < 1.29 is 13.2 Å². The van der Waals surface area contributed by atoms with Crippen LogP contribution in [0, 0.1) is 5.92 Å². The molecule has 0 spiro atoms. The van der Waals surface area contributed by atoms with Crippen molar-refractivity contribution >= 4 is 31.9 Å². The number of rotatable bonds is 4. The zero-order chi connectivity index (χ0) is 16.3. The molecule has 1 amide bonds. The molecule has 1 aromatic rings. The Kier molecular flexibility index (Phi) is 5.63. The van der Waals surface area contributed by atoms with Crippen LogP contribution in [0.3, 0.4) is 0 Å². The zero-order valence-electron chi connectivity index (χ0n) is 12.8. The molecule has 1 heterocycles. The molecule has 122 valence electrons. The average Bonchev–Trinajstić information content (AvgIpc) is 2.47. The monoisotopic (exact) mass is 388 g/mol. The summed E-state index contributed by atoms with van der Waals surface area (Å²) in [6.45, 7) is 5.60. The number of sulfonamides is 1. The van der Waals surface area contributed by atoms with E-state index in [2.05, 4.69) is 15.9 Å². The molecule has 1 fully saturated rings. The Morgan fingerprint density at radius 2 is 1.77 bits per heavy atom. The molecule has 0 aromatic heterocycles. The van der Waals surface area contributed by atoms with Crippen LogP contribution in [0.1, 0.15) is 20.3 Å². The first kappa shape index (κ1) is 17.4. The van der Waals surface area contributed by atoms with Gasteiger partial charge in [0.25, 0.3) is 0 Å². The summed E-state index contributed by atoms with van der Waals surface area (Å²) in [6.07, 6.45) is 0.511. The summed E-state index contributed by atoms with van der Waals surface area (Å²) >= 11 is 3.29. The largest absolute Gasteiger partial charge is 0.340 e. The lowest BCUT2D eigenvalue weighted by Gasteiger charge is -2.34. The van der Waals surface area contributed by atoms with Crippen LogP contribution in [0.25, 0.3) is 0 Å². The predicted octanol–water partition coefficient (Wildman–Crippen LogP) is 2.33. The van der Waals surface area contributed by atoms with Crippen LogP contribution in [-0.4, -0.2) is 49.7 Å². The topological polar surface area (TPSA) is 57.7 Å². The molecule has 2 rings (SSSR count). The fraction of sp³-hybridized carbons (Fsp3) is 0.533. The number of benzene rings is 1. The number of hydrogen-bond acceptors (Lipinski definition) is 3. The van der Waals surface area contributed by atoms with E-state index >= 15 is 0 Å². The maximum atomic E-state index is 12.7. The summed E-state index contributed by atoms with van der Waals surface area (Å²) in [7, 11) is -3.52. The summed E-state index contributed by atoms with van der Waals surface area (Å²) in [4.78, 5) is 14.1. The van der Waals surface area contributed by atoms with E-state index < -0.39 is 10.0 Å². The third-order valence-electron chi connectivity index (χ3n) is 3.63. The summed E-state index contributed by atoms with van der Waals surface area (Å²) < 4.78 is 27.3. The van der Waals surface area contributed by atoms with E-state index in [1.54, 1.807) is 29.2 Å². The summed E-state index contributed by atoms with van der Waals surface area (Å²) in [5.41, 5.74) is 0. The molecular formula is C15H21BrN2O3S. The second-order valence-corrected chi connectivity index (χ2v) is 8.57. The molecule has 1 aromatic carbocycles. The van der Waals surface area contributed by atoms with Gasteiger partial charge in [0.15, 0.2) is 0 Å². The van der Waals surface area contributed by atoms with E-state index in [1.165, 1.54) is 4.31 Å². The standard InChI is InChI=1S/C15H21BrN2O3S/c1-12(2)11-15(19)17-7-9-18(10-8-17)22(20,21)14-6-4-3-5-13(14)16/h3-6,12H,7-11H2,1-2H3. The second kappa shape index (κ2) is 7.10. The minimum Gasteiger partial charge on any atom is -0.340 e. The van der Waals surface area contributed by atoms with Crippen LogP contribution in [0.4, 0.5) is 0 Å². The maximum absolute atomic E-state index is 12.7. The van der Waals surface area contributed by atoms with Crippen molar-refractivity contribution in [3.8, 4) is 0 Å². The molecule has 1 saturated heterocycles. The fourth-order valence-electron chi connectivity index (χ4n) is 2.45. The Morgan fingerprint density at radius 1 is 1.18 bits per heavy atom. The molecule has 22 heavy (non-hydrogen) atoms. The van der Waals surface area contributed by atoms with Gasteiger partial charge < -0.3 is 4.90 Å². The van der Waals surface area contributed by atoms with Gasteiger partial charge in [-0.2, -0.15) is 4.31 Å². The summed E-state index contributed by atoms with van der Waals surface area (Å²) in [5.74, 6) is 0.419. The third-order valence-corrected chi connectivity index (χ3v) is 6.54. The van der Waals surface area contributed by atoms with Crippen LogP contribution >= 0.6 is 15.9 Å². The Hall–Kier alpha value is -0.920. The molecule has 0 aliphatic carbocycles. The molecule has 1 aliphatic heterocycles. The van der Waals surface area contributed by atoms with Crippen LogP contribution in [0.15, 0.2) is 33.6 Å². The number of piperazine rings is 1. The zero-order valence-corrected chi connectivity index (χ0v) is 15.2. The van der Waals surface area contributed by atoms with Gasteiger partial charge in [0.1, 0.15) is 0 Å². The van der Waals surface area contributed by atoms with E-state index in [9.17, 15) is 13.2 Å². The van der Waals surface area contributed by atoms with E-state index in [0.29, 0.717) is 43.0 Å². The lowest BCUT2D eigenvalue weighted by atomic mass is 10.1. The van der Waals surface area contributed by atoms with Crippen LogP contribution in [-0.2, 0) is 14.8 Å². The molecular weight excluding hydrogens is 368 g/mol. The summed E-state index contributed by atoms with van der Waals surface area (Å²) in [6, 6.07) is 6.80. The van der Waals surface area contributed by atoms with Gasteiger partial charge in [0, 0.05) is 37.1 Å². The first-order chi connectivity index (χ1) is 10.3. The van der Waals surface area contributed by atoms with Crippen molar-refractivity contribution in [1.82, 2.24) is 9.21 Å². The number of halogens is 1. The molecule has 0 unspecified atom stereocenters. The molecule has 5 nitrogen and oxygen atoms in total. The number of hydrogen-bond donors (Lipinski definition) is 0. The van der Waals surface area contributed by atoms with Gasteiger partial charge in [-0.25, -0.2) is 8.42 Å². The molecule has 0 saturated carbocycles. The number of nitrogens with zero attached hydrogens (tertiary/aromatic N) is 2. The van der Waals surface area contributed by atoms with E-state index in [4.69, 9.17) is 0 Å². The third kappa shape index (κ3) is 3.88. The molecule has 0 bridgehead atoms. The smallest absolute Gasteiger partial charge is 0.244 e. The minimum atomic E-state index is -3.52. The first-order valence-electron chi connectivity index (χ1n) is 7.35. The Labute approximate surface area is 140 Å². The van der Waals surface area contributed by atoms with Gasteiger partial charge in [-0.1, -0.05) is 26.0 Å². The summed E-state index contributed by atoms with van der Waals surface area (Å²) in [5, 5.41) is 0. The van der Waals surface area contributed by atoms with Crippen molar-refractivity contribution in [3.05, 3.63) is 28.7 Å². The van der Waals surface area contributed by atoms with Crippen LogP contribution in [0.2, 0.25) is 0 Å². The van der Waals surface area contributed by atoms with E-state index in [-0.39, 0.29) is 10.8 Å². The normalized spacial score (nSPS) is 17.0. The van der Waals surface area contributed by atoms with Gasteiger partial charge in [-0.05, 0) is 34.0 Å². The highest BCUT2D eigenvalue weighted by Gasteiger charge is 2.31. The van der Waals surface area contributed by atoms with Crippen molar-refractivity contribution in [2.45, 2.75) is 25.2 Å². The second-order valence-electron chi connectivity index (χ2n) is 5.81. The predicted molar refractivity (Wildman–Crippen MR) is 88.9 cm³/mol. The fourth-order valence-corrected chi connectivity index (χ4v) is 4.83. The highest BCUT2D eigenvalue weighted by Crippen LogP contribution is 2.25. The van der Waals surface area contributed by atoms with Crippen molar-refractivity contribution in [2.24, 2.45) is 5.92 Å². The minimum absolute atomic E-state index is 0.105. The van der Waals surface area contributed by atoms with Crippen molar-refractivity contribution in [3.63, 3.8) is 0 Å². The maximum Gasteiger partial charge on any atom is 0.244 e. The van der Waals surface area contributed by atoms with Crippen molar-refractivity contribution in [2.75, 3.05) is 26.2 Å². The molecule has 0 radical (unpaired) electrons. The number of carbonyl (C=O) groups is 1. The number of amides is 1. The highest BCUT2D eigenvalue weighted by molar-refractivity contribution is 9.10. The van der Waals surface area contributed by atoms with Crippen LogP contribution < -0.4 is 0 Å². The van der Waals surface area contributed by atoms with Gasteiger partial charge >= 0.3 is 0 Å². The SMILES string of the molecule is CC(C)CC(=O)N1CCN(S(=O)(=O)c2ccccc2Br)CC1. The van der Waals surface area contributed by atoms with Crippen molar-refractivity contribution in [1.29, 1.82) is 0 Å². The van der Waals surface area contributed by atoms with Gasteiger partial charge in [-0.15, -0.1) is 0 Å². The Morgan fingerprint density at radius 3 is 2.32 bits per heavy atom. The first-order valence-corrected chi connectivity index (χ1v) is 9.58. The molecule has 1 aliphatic rings. The van der Waals surface area contributed by atoms with E-state index in [1.807, 2.05) is 13.8 Å². The average molecular weight is 389 g/mol. The lowest BCUT2D eigenvalue weighted by molar-refractivity contribution is -0.133. The highest BCUT2D eigenvalue weighted by atomic mass is 79.9. The Bertz CT molecular complexity index is 638. The van der Waals surface area contributed by atoms with Gasteiger partial charge in [0.05, 0.1) is 4.90 Å². The molecule has 7 heteroatoms. The quantitative estimate of drug-likeness (QED) is 0.794. The Balaban J connectivity index is 2.05. The van der Waals surface area contributed by atoms with Crippen LogP contribution in [0.5, 0.6) is 0 Å². The van der Waals surface area contributed by atoms with Gasteiger partial charge in [-0.3, -0.25) is 4.79 Å². The van der Waals surface area contributed by atoms with E-state index in [0.717, 1.165) is 0 Å². The van der Waals surface area contributed by atoms with Gasteiger partial charge in [0.2, 0.25) is 15.9 Å². The molecule has 0 N–H and O–H groups in total. The lowest BCUT2D eigenvalue weighted by Crippen LogP contribution is -2.50.